The van der Waals surface area contributed by atoms with Crippen molar-refractivity contribution in [1.82, 2.24) is 20.5 Å². The number of H-pyrrole nitrogens is 1. The van der Waals surface area contributed by atoms with Crippen LogP contribution in [0.15, 0.2) is 36.0 Å². The summed E-state index contributed by atoms with van der Waals surface area (Å²) >= 11 is 1.27. The van der Waals surface area contributed by atoms with Crippen LogP contribution in [0.25, 0.3) is 11.4 Å². The van der Waals surface area contributed by atoms with Crippen molar-refractivity contribution in [2.24, 2.45) is 0 Å². The highest BCUT2D eigenvalue weighted by Crippen LogP contribution is 2.32. The molecule has 1 heterocycles. The Kier molecular flexibility index (Phi) is 6.25. The molecule has 1 atom stereocenters. The van der Waals surface area contributed by atoms with E-state index in [1.165, 1.54) is 11.8 Å². The highest BCUT2D eigenvalue weighted by atomic mass is 32.2. The number of methoxy groups -OCH3 is 2. The molecule has 0 spiro atoms. The van der Waals surface area contributed by atoms with Crippen LogP contribution in [0.3, 0.4) is 0 Å². The number of amides is 1. The zero-order chi connectivity index (χ0) is 17.5. The molecule has 0 bridgehead atoms. The van der Waals surface area contributed by atoms with Gasteiger partial charge in [-0.25, -0.2) is 4.98 Å². The van der Waals surface area contributed by atoms with E-state index < -0.39 is 0 Å². The van der Waals surface area contributed by atoms with Crippen molar-refractivity contribution in [3.05, 3.63) is 30.9 Å². The molecule has 0 saturated carbocycles. The van der Waals surface area contributed by atoms with Gasteiger partial charge in [-0.2, -0.15) is 0 Å². The van der Waals surface area contributed by atoms with Crippen LogP contribution in [0.1, 0.15) is 6.92 Å². The fourth-order valence-corrected chi connectivity index (χ4v) is 2.69. The Balaban J connectivity index is 2.13. The lowest BCUT2D eigenvalue weighted by molar-refractivity contribution is -0.120. The van der Waals surface area contributed by atoms with Gasteiger partial charge in [0.2, 0.25) is 11.1 Å². The minimum atomic E-state index is -0.314. The summed E-state index contributed by atoms with van der Waals surface area (Å²) in [6.45, 7) is 5.80. The smallest absolute Gasteiger partial charge is 0.233 e. The predicted octanol–water partition coefficient (Wildman–Crippen LogP) is 2.27. The summed E-state index contributed by atoms with van der Waals surface area (Å²) in [4.78, 5) is 16.3. The normalized spacial score (nSPS) is 11.6. The van der Waals surface area contributed by atoms with Gasteiger partial charge >= 0.3 is 0 Å². The van der Waals surface area contributed by atoms with Gasteiger partial charge in [0.05, 0.1) is 25.0 Å². The molecule has 1 amide bonds. The number of hydrogen-bond donors (Lipinski definition) is 2. The van der Waals surface area contributed by atoms with Crippen molar-refractivity contribution in [2.75, 3.05) is 20.8 Å². The summed E-state index contributed by atoms with van der Waals surface area (Å²) in [7, 11) is 3.17. The Morgan fingerprint density at radius 1 is 1.46 bits per heavy atom. The van der Waals surface area contributed by atoms with Crippen LogP contribution in [-0.2, 0) is 4.79 Å². The minimum absolute atomic E-state index is 0.0896. The number of nitrogens with one attached hydrogen (secondary N) is 2. The molecule has 2 N–H and O–H groups in total. The number of nitrogens with zero attached hydrogens (tertiary/aromatic N) is 2. The van der Waals surface area contributed by atoms with Gasteiger partial charge in [0, 0.05) is 12.6 Å². The SMILES string of the molecule is C=CCNC(=O)[C@H](C)Sc1n[nH]c(-c2ccc(OC)cc2OC)n1. The maximum atomic E-state index is 11.9. The Morgan fingerprint density at radius 3 is 2.92 bits per heavy atom. The van der Waals surface area contributed by atoms with Crippen molar-refractivity contribution in [1.29, 1.82) is 0 Å². The van der Waals surface area contributed by atoms with Gasteiger partial charge in [-0.3, -0.25) is 9.89 Å². The highest BCUT2D eigenvalue weighted by molar-refractivity contribution is 8.00. The molecule has 0 fully saturated rings. The summed E-state index contributed by atoms with van der Waals surface area (Å²) in [5, 5.41) is 9.94. The first-order valence-corrected chi connectivity index (χ1v) is 8.17. The maximum Gasteiger partial charge on any atom is 0.233 e. The van der Waals surface area contributed by atoms with Gasteiger partial charge in [-0.1, -0.05) is 17.8 Å². The van der Waals surface area contributed by atoms with E-state index in [1.54, 1.807) is 33.3 Å². The summed E-state index contributed by atoms with van der Waals surface area (Å²) in [6, 6.07) is 5.43. The van der Waals surface area contributed by atoms with Crippen molar-refractivity contribution >= 4 is 17.7 Å². The first-order chi connectivity index (χ1) is 11.6. The van der Waals surface area contributed by atoms with Crippen LogP contribution in [0.2, 0.25) is 0 Å². The Labute approximate surface area is 144 Å². The number of aromatic nitrogens is 3. The molecule has 0 unspecified atom stereocenters. The molecule has 0 aliphatic rings. The molecule has 7 nitrogen and oxygen atoms in total. The summed E-state index contributed by atoms with van der Waals surface area (Å²) in [5.74, 6) is 1.79. The largest absolute Gasteiger partial charge is 0.497 e. The van der Waals surface area contributed by atoms with Crippen LogP contribution in [-0.4, -0.2) is 47.1 Å². The third-order valence-corrected chi connectivity index (χ3v) is 4.16. The summed E-state index contributed by atoms with van der Waals surface area (Å²) in [5.41, 5.74) is 0.765. The molecule has 24 heavy (non-hydrogen) atoms. The lowest BCUT2D eigenvalue weighted by atomic mass is 10.2. The number of carbonyl (C=O) groups excluding carboxylic acids is 1. The average molecular weight is 348 g/mol. The molecule has 0 aliphatic heterocycles. The van der Waals surface area contributed by atoms with Crippen LogP contribution in [0, 0.1) is 0 Å². The van der Waals surface area contributed by atoms with Crippen molar-refractivity contribution < 1.29 is 14.3 Å². The number of thioether (sulfide) groups is 1. The van der Waals surface area contributed by atoms with Crippen molar-refractivity contribution in [3.63, 3.8) is 0 Å². The van der Waals surface area contributed by atoms with E-state index in [9.17, 15) is 4.79 Å². The molecular formula is C16H20N4O3S. The summed E-state index contributed by atoms with van der Waals surface area (Å²) < 4.78 is 10.5. The molecule has 1 aromatic heterocycles. The molecule has 2 aromatic rings. The maximum absolute atomic E-state index is 11.9. The number of carbonyl (C=O) groups is 1. The van der Waals surface area contributed by atoms with E-state index in [2.05, 4.69) is 27.1 Å². The number of aromatic amines is 1. The van der Waals surface area contributed by atoms with E-state index in [0.717, 1.165) is 5.56 Å². The van der Waals surface area contributed by atoms with E-state index in [-0.39, 0.29) is 11.2 Å². The second-order valence-corrected chi connectivity index (χ2v) is 6.13. The lowest BCUT2D eigenvalue weighted by Crippen LogP contribution is -2.30. The molecular weight excluding hydrogens is 328 g/mol. The standard InChI is InChI=1S/C16H20N4O3S/c1-5-8-17-15(21)10(2)24-16-18-14(19-20-16)12-7-6-11(22-3)9-13(12)23-4/h5-7,9-10H,1,8H2,2-4H3,(H,17,21)(H,18,19,20)/t10-/m0/s1. The van der Waals surface area contributed by atoms with Crippen LogP contribution in [0.4, 0.5) is 0 Å². The van der Waals surface area contributed by atoms with E-state index in [0.29, 0.717) is 29.0 Å². The molecule has 1 aromatic carbocycles. The number of benzene rings is 1. The van der Waals surface area contributed by atoms with Gasteiger partial charge in [0.15, 0.2) is 5.82 Å². The molecule has 2 rings (SSSR count). The van der Waals surface area contributed by atoms with Gasteiger partial charge in [-0.05, 0) is 19.1 Å². The van der Waals surface area contributed by atoms with E-state index in [4.69, 9.17) is 9.47 Å². The van der Waals surface area contributed by atoms with Crippen molar-refractivity contribution in [3.8, 4) is 22.9 Å². The van der Waals surface area contributed by atoms with Crippen LogP contribution in [0.5, 0.6) is 11.5 Å². The predicted molar refractivity (Wildman–Crippen MR) is 93.4 cm³/mol. The van der Waals surface area contributed by atoms with Crippen LogP contribution >= 0.6 is 11.8 Å². The zero-order valence-electron chi connectivity index (χ0n) is 13.8. The highest BCUT2D eigenvalue weighted by Gasteiger charge is 2.18. The topological polar surface area (TPSA) is 89.1 Å². The fraction of sp³-hybridized carbons (Fsp3) is 0.312. The molecule has 8 heteroatoms. The van der Waals surface area contributed by atoms with Gasteiger partial charge in [0.1, 0.15) is 11.5 Å². The molecule has 0 radical (unpaired) electrons. The zero-order valence-corrected chi connectivity index (χ0v) is 14.6. The third-order valence-electron chi connectivity index (χ3n) is 3.20. The van der Waals surface area contributed by atoms with Gasteiger partial charge in [-0.15, -0.1) is 11.7 Å². The first kappa shape index (κ1) is 17.9. The Morgan fingerprint density at radius 2 is 2.25 bits per heavy atom. The van der Waals surface area contributed by atoms with Crippen LogP contribution < -0.4 is 14.8 Å². The van der Waals surface area contributed by atoms with Gasteiger partial charge < -0.3 is 14.8 Å². The quantitative estimate of drug-likeness (QED) is 0.562. The fourth-order valence-electron chi connectivity index (χ4n) is 1.94. The minimum Gasteiger partial charge on any atom is -0.497 e. The van der Waals surface area contributed by atoms with Gasteiger partial charge in [0.25, 0.3) is 0 Å². The molecule has 128 valence electrons. The third kappa shape index (κ3) is 4.29. The Hall–Kier alpha value is -2.48. The second-order valence-electron chi connectivity index (χ2n) is 4.83. The average Bonchev–Trinajstić information content (AvgIpc) is 3.07. The molecule has 0 aliphatic carbocycles. The van der Waals surface area contributed by atoms with E-state index in [1.807, 2.05) is 12.1 Å². The monoisotopic (exact) mass is 348 g/mol. The van der Waals surface area contributed by atoms with Crippen molar-refractivity contribution in [2.45, 2.75) is 17.3 Å². The number of ether oxygens (including phenoxy) is 2. The first-order valence-electron chi connectivity index (χ1n) is 7.29. The second kappa shape index (κ2) is 8.39. The Bertz CT molecular complexity index is 717. The lowest BCUT2D eigenvalue weighted by Gasteiger charge is -2.08. The van der Waals surface area contributed by atoms with E-state index >= 15 is 0 Å². The summed E-state index contributed by atoms with van der Waals surface area (Å²) in [6.07, 6.45) is 1.64. The molecule has 0 saturated heterocycles. The number of rotatable bonds is 8. The number of hydrogen-bond acceptors (Lipinski definition) is 6.